The first kappa shape index (κ1) is 25.1. The summed E-state index contributed by atoms with van der Waals surface area (Å²) in [4.78, 5) is 29.9. The van der Waals surface area contributed by atoms with Crippen molar-refractivity contribution >= 4 is 40.7 Å². The molecule has 0 saturated carbocycles. The van der Waals surface area contributed by atoms with E-state index >= 15 is 0 Å². The van der Waals surface area contributed by atoms with Crippen molar-refractivity contribution in [2.24, 2.45) is 0 Å². The Balaban J connectivity index is 2.15. The third-order valence-electron chi connectivity index (χ3n) is 6.04. The zero-order chi connectivity index (χ0) is 24.3. The van der Waals surface area contributed by atoms with Crippen LogP contribution in [0.15, 0.2) is 42.0 Å². The fourth-order valence-corrected chi connectivity index (χ4v) is 4.41. The van der Waals surface area contributed by atoms with E-state index in [-0.39, 0.29) is 11.3 Å². The van der Waals surface area contributed by atoms with Crippen LogP contribution in [0.25, 0.3) is 5.76 Å². The van der Waals surface area contributed by atoms with Crippen molar-refractivity contribution in [3.63, 3.8) is 0 Å². The topological polar surface area (TPSA) is 70.1 Å². The summed E-state index contributed by atoms with van der Waals surface area (Å²) < 4.78 is 5.24. The van der Waals surface area contributed by atoms with Crippen LogP contribution in [0, 0.1) is 6.92 Å². The fourth-order valence-electron chi connectivity index (χ4n) is 4.10. The molecule has 1 amide bonds. The average Bonchev–Trinajstić information content (AvgIpc) is 3.06. The van der Waals surface area contributed by atoms with Gasteiger partial charge in [-0.25, -0.2) is 0 Å². The molecule has 1 heterocycles. The highest BCUT2D eigenvalue weighted by Gasteiger charge is 2.46. The average molecular weight is 491 g/mol. The Hall–Kier alpha value is -2.54. The first-order valence-corrected chi connectivity index (χ1v) is 11.6. The lowest BCUT2D eigenvalue weighted by Crippen LogP contribution is -2.38. The van der Waals surface area contributed by atoms with Gasteiger partial charge in [0, 0.05) is 18.7 Å². The van der Waals surface area contributed by atoms with E-state index in [2.05, 4.69) is 4.90 Å². The SMILES string of the molecule is CCN(CC)CCN1C(=O)C(=O)/C(=C(/O)c2ccc(OC)cc2C)[C@H]1c1ccc(Cl)c(Cl)c1. The minimum atomic E-state index is -0.781. The number of nitrogens with zero attached hydrogens (tertiary/aromatic N) is 2. The van der Waals surface area contributed by atoms with Gasteiger partial charge in [-0.2, -0.15) is 0 Å². The number of hydrogen-bond donors (Lipinski definition) is 1. The van der Waals surface area contributed by atoms with Crippen molar-refractivity contribution in [3.8, 4) is 5.75 Å². The highest BCUT2D eigenvalue weighted by Crippen LogP contribution is 2.41. The molecule has 33 heavy (non-hydrogen) atoms. The number of aliphatic hydroxyl groups excluding tert-OH is 1. The Morgan fingerprint density at radius 1 is 1.09 bits per heavy atom. The molecule has 1 aliphatic rings. The first-order chi connectivity index (χ1) is 15.7. The van der Waals surface area contributed by atoms with E-state index in [9.17, 15) is 14.7 Å². The number of carbonyl (C=O) groups is 2. The normalized spacial score (nSPS) is 17.8. The second-order valence-electron chi connectivity index (χ2n) is 7.87. The van der Waals surface area contributed by atoms with Crippen LogP contribution >= 0.6 is 23.2 Å². The number of benzene rings is 2. The molecule has 0 radical (unpaired) electrons. The van der Waals surface area contributed by atoms with Crippen LogP contribution in [0.2, 0.25) is 10.0 Å². The van der Waals surface area contributed by atoms with Gasteiger partial charge in [-0.05, 0) is 61.5 Å². The van der Waals surface area contributed by atoms with Gasteiger partial charge < -0.3 is 19.6 Å². The summed E-state index contributed by atoms with van der Waals surface area (Å²) in [6.07, 6.45) is 0. The molecular weight excluding hydrogens is 463 g/mol. The summed E-state index contributed by atoms with van der Waals surface area (Å²) in [6, 6.07) is 9.35. The maximum Gasteiger partial charge on any atom is 0.295 e. The Labute approximate surface area is 204 Å². The number of ether oxygens (including phenoxy) is 1. The predicted molar refractivity (Wildman–Crippen MR) is 131 cm³/mol. The first-order valence-electron chi connectivity index (χ1n) is 10.8. The third kappa shape index (κ3) is 5.03. The van der Waals surface area contributed by atoms with Crippen LogP contribution in [0.3, 0.4) is 0 Å². The van der Waals surface area contributed by atoms with E-state index < -0.39 is 17.7 Å². The minimum absolute atomic E-state index is 0.0335. The lowest BCUT2D eigenvalue weighted by molar-refractivity contribution is -0.140. The molecule has 176 valence electrons. The fraction of sp³-hybridized carbons (Fsp3) is 0.360. The Morgan fingerprint density at radius 2 is 1.79 bits per heavy atom. The molecule has 1 fully saturated rings. The summed E-state index contributed by atoms with van der Waals surface area (Å²) in [5, 5.41) is 11.9. The van der Waals surface area contributed by atoms with Crippen molar-refractivity contribution in [2.45, 2.75) is 26.8 Å². The smallest absolute Gasteiger partial charge is 0.295 e. The predicted octanol–water partition coefficient (Wildman–Crippen LogP) is 5.07. The number of ketones is 1. The van der Waals surface area contributed by atoms with E-state index in [1.54, 1.807) is 43.5 Å². The van der Waals surface area contributed by atoms with Crippen molar-refractivity contribution in [1.82, 2.24) is 9.80 Å². The molecule has 3 rings (SSSR count). The Kier molecular flexibility index (Phi) is 8.05. The zero-order valence-electron chi connectivity index (χ0n) is 19.2. The number of rotatable bonds is 8. The molecule has 1 atom stereocenters. The minimum Gasteiger partial charge on any atom is -0.507 e. The van der Waals surface area contributed by atoms with E-state index in [1.165, 1.54) is 4.90 Å². The number of amides is 1. The van der Waals surface area contributed by atoms with Crippen molar-refractivity contribution in [3.05, 3.63) is 68.7 Å². The lowest BCUT2D eigenvalue weighted by atomic mass is 9.94. The number of carbonyl (C=O) groups excluding carboxylic acids is 2. The standard InChI is InChI=1S/C25H28Cl2N2O4/c1-5-28(6-2)11-12-29-22(16-7-10-19(26)20(27)14-16)21(24(31)25(29)32)23(30)18-9-8-17(33-4)13-15(18)3/h7-10,13-14,22,30H,5-6,11-12H2,1-4H3/b23-21+/t22-/m1/s1. The summed E-state index contributed by atoms with van der Waals surface area (Å²) in [7, 11) is 1.56. The van der Waals surface area contributed by atoms with Crippen molar-refractivity contribution in [1.29, 1.82) is 0 Å². The van der Waals surface area contributed by atoms with E-state index in [0.29, 0.717) is 45.6 Å². The molecule has 0 bridgehead atoms. The number of halogens is 2. The van der Waals surface area contributed by atoms with Gasteiger partial charge in [0.05, 0.1) is 28.8 Å². The number of aliphatic hydroxyl groups is 1. The molecule has 6 nitrogen and oxygen atoms in total. The molecule has 1 saturated heterocycles. The van der Waals surface area contributed by atoms with Gasteiger partial charge in [0.1, 0.15) is 11.5 Å². The van der Waals surface area contributed by atoms with Crippen LogP contribution in [-0.2, 0) is 9.59 Å². The molecule has 2 aromatic rings. The maximum atomic E-state index is 13.2. The number of Topliss-reactive ketones (excluding diaryl/α,β-unsaturated/α-hetero) is 1. The van der Waals surface area contributed by atoms with Gasteiger partial charge in [0.15, 0.2) is 0 Å². The number of likely N-dealkylation sites (tertiary alicyclic amines) is 1. The number of hydrogen-bond acceptors (Lipinski definition) is 5. The van der Waals surface area contributed by atoms with Crippen molar-refractivity contribution < 1.29 is 19.4 Å². The molecule has 2 aromatic carbocycles. The molecule has 1 aliphatic heterocycles. The highest BCUT2D eigenvalue weighted by molar-refractivity contribution is 6.47. The molecule has 0 aromatic heterocycles. The molecule has 0 unspecified atom stereocenters. The number of methoxy groups -OCH3 is 1. The van der Waals surface area contributed by atoms with E-state index in [4.69, 9.17) is 27.9 Å². The largest absolute Gasteiger partial charge is 0.507 e. The summed E-state index contributed by atoms with van der Waals surface area (Å²) >= 11 is 12.4. The number of likely N-dealkylation sites (N-methyl/N-ethyl adjacent to an activating group) is 1. The maximum absolute atomic E-state index is 13.2. The molecule has 1 N–H and O–H groups in total. The van der Waals surface area contributed by atoms with Crippen LogP contribution in [0.1, 0.15) is 36.6 Å². The zero-order valence-corrected chi connectivity index (χ0v) is 20.7. The van der Waals surface area contributed by atoms with Gasteiger partial charge in [-0.3, -0.25) is 9.59 Å². The third-order valence-corrected chi connectivity index (χ3v) is 6.78. The van der Waals surface area contributed by atoms with Gasteiger partial charge in [-0.1, -0.05) is 43.1 Å². The molecule has 0 spiro atoms. The van der Waals surface area contributed by atoms with Crippen LogP contribution in [-0.4, -0.2) is 59.9 Å². The summed E-state index contributed by atoms with van der Waals surface area (Å²) in [5.41, 5.74) is 1.82. The number of aryl methyl sites for hydroxylation is 1. The lowest BCUT2D eigenvalue weighted by Gasteiger charge is -2.28. The molecular formula is C25H28Cl2N2O4. The van der Waals surface area contributed by atoms with Crippen LogP contribution in [0.4, 0.5) is 0 Å². The Morgan fingerprint density at radius 3 is 2.36 bits per heavy atom. The molecule has 8 heteroatoms. The van der Waals surface area contributed by atoms with Gasteiger partial charge in [-0.15, -0.1) is 0 Å². The second kappa shape index (κ2) is 10.6. The van der Waals surface area contributed by atoms with Gasteiger partial charge in [0.25, 0.3) is 11.7 Å². The van der Waals surface area contributed by atoms with E-state index in [0.717, 1.165) is 13.1 Å². The molecule has 0 aliphatic carbocycles. The van der Waals surface area contributed by atoms with E-state index in [1.807, 2.05) is 20.8 Å². The van der Waals surface area contributed by atoms with Crippen LogP contribution < -0.4 is 4.74 Å². The quantitative estimate of drug-likeness (QED) is 0.317. The summed E-state index contributed by atoms with van der Waals surface area (Å²) in [5.74, 6) is -0.969. The second-order valence-corrected chi connectivity index (χ2v) is 8.69. The van der Waals surface area contributed by atoms with Crippen LogP contribution in [0.5, 0.6) is 5.75 Å². The Bertz CT molecular complexity index is 1100. The highest BCUT2D eigenvalue weighted by atomic mass is 35.5. The van der Waals surface area contributed by atoms with Crippen molar-refractivity contribution in [2.75, 3.05) is 33.3 Å². The summed E-state index contributed by atoms with van der Waals surface area (Å²) in [6.45, 7) is 8.46. The monoisotopic (exact) mass is 490 g/mol. The van der Waals surface area contributed by atoms with Gasteiger partial charge >= 0.3 is 0 Å². The van der Waals surface area contributed by atoms with Gasteiger partial charge in [0.2, 0.25) is 0 Å².